The second-order valence-electron chi connectivity index (χ2n) is 5.54. The summed E-state index contributed by atoms with van der Waals surface area (Å²) in [6, 6.07) is 6.83. The van der Waals surface area contributed by atoms with Crippen molar-refractivity contribution >= 4 is 5.91 Å². The fourth-order valence-electron chi connectivity index (χ4n) is 3.51. The third kappa shape index (κ3) is 2.27. The highest BCUT2D eigenvalue weighted by Gasteiger charge is 2.49. The van der Waals surface area contributed by atoms with Gasteiger partial charge in [0.05, 0.1) is 11.6 Å². The molecule has 1 aromatic carbocycles. The number of rotatable bonds is 0. The summed E-state index contributed by atoms with van der Waals surface area (Å²) >= 11 is 0. The Kier molecular flexibility index (Phi) is 3.16. The molecule has 3 rings (SSSR count). The van der Waals surface area contributed by atoms with Gasteiger partial charge in [-0.25, -0.2) is 0 Å². The number of hydrogen-bond donors (Lipinski definition) is 0. The molecule has 1 amide bonds. The van der Waals surface area contributed by atoms with E-state index in [9.17, 15) is 18.0 Å². The van der Waals surface area contributed by atoms with Gasteiger partial charge in [0.2, 0.25) is 0 Å². The van der Waals surface area contributed by atoms with Crippen molar-refractivity contribution in [1.82, 2.24) is 4.90 Å². The van der Waals surface area contributed by atoms with Crippen LogP contribution in [0.2, 0.25) is 0 Å². The summed E-state index contributed by atoms with van der Waals surface area (Å²) in [6.07, 6.45) is -3.07. The van der Waals surface area contributed by atoms with E-state index in [0.717, 1.165) is 22.4 Å². The van der Waals surface area contributed by atoms with Crippen LogP contribution in [0.5, 0.6) is 0 Å². The van der Waals surface area contributed by atoms with Crippen molar-refractivity contribution in [3.05, 3.63) is 34.9 Å². The number of likely N-dealkylation sites (tertiary alicyclic amines) is 1. The van der Waals surface area contributed by atoms with Crippen LogP contribution < -0.4 is 0 Å². The Morgan fingerprint density at radius 3 is 2.81 bits per heavy atom. The van der Waals surface area contributed by atoms with Crippen molar-refractivity contribution in [3.63, 3.8) is 0 Å². The van der Waals surface area contributed by atoms with Gasteiger partial charge in [-0.1, -0.05) is 6.07 Å². The zero-order valence-electron chi connectivity index (χ0n) is 11.2. The van der Waals surface area contributed by atoms with Crippen LogP contribution in [0.15, 0.2) is 18.2 Å². The number of carbonyl (C=O) groups excluding carboxylic acids is 1. The molecule has 1 heterocycles. The van der Waals surface area contributed by atoms with Gasteiger partial charge in [-0.2, -0.15) is 18.4 Å². The first-order chi connectivity index (χ1) is 9.91. The first kappa shape index (κ1) is 13.9. The smallest absolute Gasteiger partial charge is 0.331 e. The number of hydrogen-bond acceptors (Lipinski definition) is 2. The van der Waals surface area contributed by atoms with E-state index >= 15 is 0 Å². The molecule has 1 fully saturated rings. The van der Waals surface area contributed by atoms with E-state index < -0.39 is 18.1 Å². The molecule has 0 aromatic heterocycles. The van der Waals surface area contributed by atoms with Gasteiger partial charge in [0.15, 0.2) is 0 Å². The number of carbonyl (C=O) groups is 1. The van der Waals surface area contributed by atoms with Gasteiger partial charge < -0.3 is 4.90 Å². The highest BCUT2D eigenvalue weighted by molar-refractivity contribution is 5.82. The molecule has 3 nitrogen and oxygen atoms in total. The zero-order valence-corrected chi connectivity index (χ0v) is 11.2. The lowest BCUT2D eigenvalue weighted by molar-refractivity contribution is -0.189. The molecule has 1 saturated heterocycles. The maximum atomic E-state index is 12.7. The number of nitriles is 1. The van der Waals surface area contributed by atoms with Gasteiger partial charge >= 0.3 is 12.1 Å². The third-order valence-corrected chi connectivity index (χ3v) is 4.39. The highest BCUT2D eigenvalue weighted by Crippen LogP contribution is 2.43. The molecule has 110 valence electrons. The van der Waals surface area contributed by atoms with E-state index in [2.05, 4.69) is 0 Å². The van der Waals surface area contributed by atoms with E-state index in [0.29, 0.717) is 18.4 Å². The Labute approximate surface area is 120 Å². The van der Waals surface area contributed by atoms with E-state index in [1.165, 1.54) is 0 Å². The number of piperidine rings is 1. The molecule has 2 aliphatic rings. The quantitative estimate of drug-likeness (QED) is 0.738. The van der Waals surface area contributed by atoms with Crippen LogP contribution in [0, 0.1) is 11.3 Å². The Morgan fingerprint density at radius 1 is 1.38 bits per heavy atom. The first-order valence-corrected chi connectivity index (χ1v) is 6.82. The average Bonchev–Trinajstić information content (AvgIpc) is 2.83. The number of fused-ring (bicyclic) bond motifs is 3. The Bertz CT molecular complexity index is 633. The maximum absolute atomic E-state index is 12.7. The van der Waals surface area contributed by atoms with Gasteiger partial charge in [0.1, 0.15) is 0 Å². The molecule has 6 heteroatoms. The predicted molar refractivity (Wildman–Crippen MR) is 68.4 cm³/mol. The zero-order chi connectivity index (χ0) is 15.2. The molecule has 2 atom stereocenters. The van der Waals surface area contributed by atoms with Crippen molar-refractivity contribution in [1.29, 1.82) is 5.26 Å². The van der Waals surface area contributed by atoms with Crippen LogP contribution >= 0.6 is 0 Å². The SMILES string of the molecule is N#Cc1ccc2c(c1)[C@H]1CCCN(C(=O)C(F)(F)F)[C@H]1C2. The van der Waals surface area contributed by atoms with Gasteiger partial charge in [0.25, 0.3) is 0 Å². The average molecular weight is 294 g/mol. The van der Waals surface area contributed by atoms with Crippen molar-refractivity contribution in [3.8, 4) is 6.07 Å². The minimum atomic E-state index is -4.82. The van der Waals surface area contributed by atoms with Crippen LogP contribution in [-0.4, -0.2) is 29.6 Å². The molecule has 0 spiro atoms. The Balaban J connectivity index is 1.93. The standard InChI is InChI=1S/C15H13F3N2O/c16-15(17,18)14(21)20-5-1-2-11-12-6-9(8-19)3-4-10(12)7-13(11)20/h3-4,6,11,13H,1-2,5,7H2/t11-,13+/m1/s1. The molecule has 0 saturated carbocycles. The van der Waals surface area contributed by atoms with E-state index in [1.807, 2.05) is 6.07 Å². The fourth-order valence-corrected chi connectivity index (χ4v) is 3.51. The minimum absolute atomic E-state index is 0.0895. The number of halogens is 3. The summed E-state index contributed by atoms with van der Waals surface area (Å²) in [5.41, 5.74) is 2.39. The Hall–Kier alpha value is -2.03. The third-order valence-electron chi connectivity index (χ3n) is 4.39. The molecular formula is C15H13F3N2O. The fraction of sp³-hybridized carbons (Fsp3) is 0.467. The molecular weight excluding hydrogens is 281 g/mol. The number of nitrogens with zero attached hydrogens (tertiary/aromatic N) is 2. The lowest BCUT2D eigenvalue weighted by atomic mass is 9.88. The monoisotopic (exact) mass is 294 g/mol. The minimum Gasteiger partial charge on any atom is -0.331 e. The van der Waals surface area contributed by atoms with Crippen molar-refractivity contribution in [2.75, 3.05) is 6.54 Å². The molecule has 0 N–H and O–H groups in total. The molecule has 21 heavy (non-hydrogen) atoms. The second kappa shape index (κ2) is 4.76. The number of benzene rings is 1. The topological polar surface area (TPSA) is 44.1 Å². The molecule has 1 aliphatic heterocycles. The van der Waals surface area contributed by atoms with Gasteiger partial charge in [-0.05, 0) is 42.5 Å². The summed E-state index contributed by atoms with van der Waals surface area (Å²) in [6.45, 7) is 0.151. The summed E-state index contributed by atoms with van der Waals surface area (Å²) in [7, 11) is 0. The van der Waals surface area contributed by atoms with Crippen molar-refractivity contribution in [2.45, 2.75) is 37.4 Å². The lowest BCUT2D eigenvalue weighted by Crippen LogP contribution is -2.51. The van der Waals surface area contributed by atoms with Gasteiger partial charge in [-0.15, -0.1) is 0 Å². The van der Waals surface area contributed by atoms with Crippen LogP contribution in [0.3, 0.4) is 0 Å². The summed E-state index contributed by atoms with van der Waals surface area (Å²) in [5, 5.41) is 8.95. The molecule has 1 aliphatic carbocycles. The van der Waals surface area contributed by atoms with Gasteiger partial charge in [-0.3, -0.25) is 4.79 Å². The number of amides is 1. The van der Waals surface area contributed by atoms with Crippen LogP contribution in [-0.2, 0) is 11.2 Å². The van der Waals surface area contributed by atoms with Crippen LogP contribution in [0.4, 0.5) is 13.2 Å². The summed E-state index contributed by atoms with van der Waals surface area (Å²) in [4.78, 5) is 12.6. The summed E-state index contributed by atoms with van der Waals surface area (Å²) in [5.74, 6) is -1.83. The highest BCUT2D eigenvalue weighted by atomic mass is 19.4. The van der Waals surface area contributed by atoms with E-state index in [4.69, 9.17) is 5.26 Å². The first-order valence-electron chi connectivity index (χ1n) is 6.82. The van der Waals surface area contributed by atoms with Crippen molar-refractivity contribution in [2.24, 2.45) is 0 Å². The largest absolute Gasteiger partial charge is 0.471 e. The van der Waals surface area contributed by atoms with Gasteiger partial charge in [0, 0.05) is 18.5 Å². The molecule has 1 aromatic rings. The number of alkyl halides is 3. The second-order valence-corrected chi connectivity index (χ2v) is 5.54. The van der Waals surface area contributed by atoms with Crippen LogP contribution in [0.1, 0.15) is 35.4 Å². The van der Waals surface area contributed by atoms with E-state index in [-0.39, 0.29) is 12.5 Å². The maximum Gasteiger partial charge on any atom is 0.471 e. The molecule has 0 unspecified atom stereocenters. The van der Waals surface area contributed by atoms with Crippen LogP contribution in [0.25, 0.3) is 0 Å². The normalized spacial score (nSPS) is 24.2. The lowest BCUT2D eigenvalue weighted by Gasteiger charge is -2.38. The van der Waals surface area contributed by atoms with E-state index in [1.54, 1.807) is 18.2 Å². The Morgan fingerprint density at radius 2 is 2.14 bits per heavy atom. The molecule has 0 radical (unpaired) electrons. The molecule has 0 bridgehead atoms. The van der Waals surface area contributed by atoms with Crippen molar-refractivity contribution < 1.29 is 18.0 Å². The summed E-state index contributed by atoms with van der Waals surface area (Å²) < 4.78 is 38.1. The predicted octanol–water partition coefficient (Wildman–Crippen LogP) is 2.75.